The van der Waals surface area contributed by atoms with Crippen LogP contribution in [0, 0.1) is 0 Å². The molecule has 1 aromatic rings. The minimum Gasteiger partial charge on any atom is -0.198 e. The summed E-state index contributed by atoms with van der Waals surface area (Å²) in [5.41, 5.74) is 1.32. The highest BCUT2D eigenvalue weighted by molar-refractivity contribution is 5.09. The van der Waals surface area contributed by atoms with Crippen molar-refractivity contribution in [3.8, 4) is 0 Å². The predicted molar refractivity (Wildman–Crippen MR) is 67.4 cm³/mol. The topological polar surface area (TPSA) is 41.6 Å². The van der Waals surface area contributed by atoms with Crippen molar-refractivity contribution in [2.75, 3.05) is 0 Å². The average molecular weight is 223 g/mol. The molecule has 1 rings (SSSR count). The van der Waals surface area contributed by atoms with Gasteiger partial charge in [-0.05, 0) is 12.8 Å². The van der Waals surface area contributed by atoms with Crippen LogP contribution in [0.2, 0.25) is 0 Å². The molecule has 0 radical (unpaired) electrons. The minimum absolute atomic E-state index is 0.208. The molecular formula is C13H25N3. The SMILES string of the molecule is CCCCCCCC(C)(CC)c1cn[nH]n1. The number of aromatic nitrogens is 3. The number of nitrogens with one attached hydrogen (secondary N) is 1. The molecule has 0 aliphatic rings. The third kappa shape index (κ3) is 3.62. The first-order chi connectivity index (χ1) is 7.73. The monoisotopic (exact) mass is 223 g/mol. The van der Waals surface area contributed by atoms with Gasteiger partial charge in [0.25, 0.3) is 0 Å². The largest absolute Gasteiger partial charge is 0.198 e. The first-order valence-electron chi connectivity index (χ1n) is 6.59. The Labute approximate surface area is 99.0 Å². The summed E-state index contributed by atoms with van der Waals surface area (Å²) >= 11 is 0. The van der Waals surface area contributed by atoms with Gasteiger partial charge in [0.05, 0.1) is 11.9 Å². The van der Waals surface area contributed by atoms with Crippen LogP contribution in [0.5, 0.6) is 0 Å². The molecule has 0 spiro atoms. The van der Waals surface area contributed by atoms with E-state index in [1.54, 1.807) is 0 Å². The van der Waals surface area contributed by atoms with Gasteiger partial charge in [0.15, 0.2) is 0 Å². The lowest BCUT2D eigenvalue weighted by Crippen LogP contribution is -2.21. The normalized spacial score (nSPS) is 14.9. The zero-order chi connectivity index (χ0) is 11.9. The Morgan fingerprint density at radius 1 is 1.19 bits per heavy atom. The summed E-state index contributed by atoms with van der Waals surface area (Å²) in [6.45, 7) is 6.79. The van der Waals surface area contributed by atoms with Gasteiger partial charge in [-0.15, -0.1) is 0 Å². The van der Waals surface area contributed by atoms with E-state index in [1.165, 1.54) is 38.5 Å². The Morgan fingerprint density at radius 2 is 1.94 bits per heavy atom. The fourth-order valence-electron chi connectivity index (χ4n) is 2.10. The molecule has 0 fully saturated rings. The van der Waals surface area contributed by atoms with E-state index < -0.39 is 0 Å². The van der Waals surface area contributed by atoms with E-state index in [-0.39, 0.29) is 5.41 Å². The lowest BCUT2D eigenvalue weighted by Gasteiger charge is -2.25. The fourth-order valence-corrected chi connectivity index (χ4v) is 2.10. The van der Waals surface area contributed by atoms with Crippen LogP contribution >= 0.6 is 0 Å². The number of nitrogens with zero attached hydrogens (tertiary/aromatic N) is 2. The molecule has 0 bridgehead atoms. The van der Waals surface area contributed by atoms with E-state index >= 15 is 0 Å². The second kappa shape index (κ2) is 6.66. The maximum absolute atomic E-state index is 4.24. The summed E-state index contributed by atoms with van der Waals surface area (Å²) in [6, 6.07) is 0. The van der Waals surface area contributed by atoms with Crippen molar-refractivity contribution in [2.24, 2.45) is 0 Å². The maximum atomic E-state index is 4.24. The predicted octanol–water partition coefficient (Wildman–Crippen LogP) is 3.83. The minimum atomic E-state index is 0.208. The van der Waals surface area contributed by atoms with Crippen molar-refractivity contribution < 1.29 is 0 Å². The molecule has 16 heavy (non-hydrogen) atoms. The summed E-state index contributed by atoms with van der Waals surface area (Å²) < 4.78 is 0. The quantitative estimate of drug-likeness (QED) is 0.680. The van der Waals surface area contributed by atoms with Crippen molar-refractivity contribution in [3.05, 3.63) is 11.9 Å². The van der Waals surface area contributed by atoms with Gasteiger partial charge in [-0.3, -0.25) is 0 Å². The Morgan fingerprint density at radius 3 is 2.50 bits per heavy atom. The molecule has 0 aliphatic carbocycles. The highest BCUT2D eigenvalue weighted by atomic mass is 15.3. The van der Waals surface area contributed by atoms with Gasteiger partial charge < -0.3 is 0 Å². The Hall–Kier alpha value is -0.860. The molecule has 0 aliphatic heterocycles. The van der Waals surface area contributed by atoms with E-state index in [2.05, 4.69) is 36.2 Å². The average Bonchev–Trinajstić information content (AvgIpc) is 2.82. The molecule has 92 valence electrons. The van der Waals surface area contributed by atoms with Gasteiger partial charge >= 0.3 is 0 Å². The Bertz CT molecular complexity index is 269. The van der Waals surface area contributed by atoms with Crippen molar-refractivity contribution in [1.82, 2.24) is 15.4 Å². The molecule has 1 unspecified atom stereocenters. The van der Waals surface area contributed by atoms with Gasteiger partial charge in [0.2, 0.25) is 0 Å². The van der Waals surface area contributed by atoms with E-state index in [0.29, 0.717) is 0 Å². The molecule has 0 saturated carbocycles. The lowest BCUT2D eigenvalue weighted by atomic mass is 9.79. The lowest BCUT2D eigenvalue weighted by molar-refractivity contribution is 0.384. The van der Waals surface area contributed by atoms with Gasteiger partial charge in [-0.25, -0.2) is 0 Å². The molecule has 1 heterocycles. The standard InChI is InChI=1S/C13H25N3/c1-4-6-7-8-9-10-13(3,5-2)12-11-14-16-15-12/h11H,4-10H2,1-3H3,(H,14,15,16). The van der Waals surface area contributed by atoms with Crippen molar-refractivity contribution >= 4 is 0 Å². The van der Waals surface area contributed by atoms with Gasteiger partial charge in [0, 0.05) is 5.41 Å². The number of H-pyrrole nitrogens is 1. The summed E-state index contributed by atoms with van der Waals surface area (Å²) in [5.74, 6) is 0. The van der Waals surface area contributed by atoms with Gasteiger partial charge in [-0.1, -0.05) is 52.9 Å². The summed E-state index contributed by atoms with van der Waals surface area (Å²) in [5, 5.41) is 10.9. The van der Waals surface area contributed by atoms with Crippen LogP contribution in [0.4, 0.5) is 0 Å². The van der Waals surface area contributed by atoms with Gasteiger partial charge in [0.1, 0.15) is 0 Å². The van der Waals surface area contributed by atoms with Crippen LogP contribution in [0.25, 0.3) is 0 Å². The molecule has 0 aromatic carbocycles. The van der Waals surface area contributed by atoms with E-state index in [9.17, 15) is 0 Å². The molecule has 0 amide bonds. The Balaban J connectivity index is 2.36. The number of unbranched alkanes of at least 4 members (excludes halogenated alkanes) is 4. The van der Waals surface area contributed by atoms with Crippen LogP contribution < -0.4 is 0 Å². The van der Waals surface area contributed by atoms with Crippen molar-refractivity contribution in [3.63, 3.8) is 0 Å². The number of rotatable bonds is 8. The molecule has 3 heteroatoms. The second-order valence-electron chi connectivity index (χ2n) is 4.93. The van der Waals surface area contributed by atoms with Crippen LogP contribution in [0.15, 0.2) is 6.20 Å². The second-order valence-corrected chi connectivity index (χ2v) is 4.93. The molecule has 1 atom stereocenters. The Kier molecular flexibility index (Phi) is 5.50. The number of hydrogen-bond acceptors (Lipinski definition) is 2. The first kappa shape index (κ1) is 13.2. The van der Waals surface area contributed by atoms with Crippen LogP contribution in [0.1, 0.15) is 71.4 Å². The third-order valence-electron chi connectivity index (χ3n) is 3.65. The van der Waals surface area contributed by atoms with Crippen molar-refractivity contribution in [2.45, 2.75) is 71.1 Å². The number of hydrogen-bond donors (Lipinski definition) is 1. The van der Waals surface area contributed by atoms with Crippen LogP contribution in [-0.2, 0) is 5.41 Å². The zero-order valence-electron chi connectivity index (χ0n) is 10.9. The van der Waals surface area contributed by atoms with E-state index in [4.69, 9.17) is 0 Å². The number of aromatic amines is 1. The smallest absolute Gasteiger partial charge is 0.0883 e. The fraction of sp³-hybridized carbons (Fsp3) is 0.846. The van der Waals surface area contributed by atoms with E-state index in [0.717, 1.165) is 12.1 Å². The summed E-state index contributed by atoms with van der Waals surface area (Å²) in [6.07, 6.45) is 10.9. The van der Waals surface area contributed by atoms with Crippen LogP contribution in [0.3, 0.4) is 0 Å². The molecule has 1 aromatic heterocycles. The molecule has 0 saturated heterocycles. The first-order valence-corrected chi connectivity index (χ1v) is 6.59. The third-order valence-corrected chi connectivity index (χ3v) is 3.65. The molecule has 3 nitrogen and oxygen atoms in total. The summed E-state index contributed by atoms with van der Waals surface area (Å²) in [7, 11) is 0. The maximum Gasteiger partial charge on any atom is 0.0883 e. The highest BCUT2D eigenvalue weighted by Gasteiger charge is 2.26. The highest BCUT2D eigenvalue weighted by Crippen LogP contribution is 2.31. The molecule has 1 N–H and O–H groups in total. The molecular weight excluding hydrogens is 198 g/mol. The van der Waals surface area contributed by atoms with E-state index in [1.807, 2.05) is 6.20 Å². The van der Waals surface area contributed by atoms with Crippen LogP contribution in [-0.4, -0.2) is 15.4 Å². The van der Waals surface area contributed by atoms with Crippen molar-refractivity contribution in [1.29, 1.82) is 0 Å². The van der Waals surface area contributed by atoms with Gasteiger partial charge in [-0.2, -0.15) is 15.4 Å². The zero-order valence-corrected chi connectivity index (χ0v) is 10.9. The summed E-state index contributed by atoms with van der Waals surface area (Å²) in [4.78, 5) is 0.